The van der Waals surface area contributed by atoms with Crippen LogP contribution in [0.5, 0.6) is 0 Å². The Kier molecular flexibility index (Phi) is 1.51. The van der Waals surface area contributed by atoms with Crippen molar-refractivity contribution in [3.8, 4) is 0 Å². The summed E-state index contributed by atoms with van der Waals surface area (Å²) in [4.78, 5) is 0. The Bertz CT molecular complexity index is 440. The van der Waals surface area contributed by atoms with Crippen LogP contribution in [0.1, 0.15) is 6.92 Å². The molecule has 0 aromatic heterocycles. The van der Waals surface area contributed by atoms with Crippen molar-refractivity contribution in [2.75, 3.05) is 0 Å². The molecule has 1 N–H and O–H groups in total. The van der Waals surface area contributed by atoms with Gasteiger partial charge in [0, 0.05) is 16.6 Å². The lowest BCUT2D eigenvalue weighted by Crippen LogP contribution is -2.34. The van der Waals surface area contributed by atoms with Crippen LogP contribution in [0.25, 0.3) is 11.8 Å². The molecule has 60 valence electrons. The molecule has 0 bridgehead atoms. The van der Waals surface area contributed by atoms with Gasteiger partial charge >= 0.3 is 0 Å². The van der Waals surface area contributed by atoms with Crippen molar-refractivity contribution >= 4 is 11.8 Å². The van der Waals surface area contributed by atoms with Gasteiger partial charge in [-0.3, -0.25) is 0 Å². The van der Waals surface area contributed by atoms with Crippen LogP contribution in [-0.2, 0) is 0 Å². The topological polar surface area (TPSA) is 12.0 Å². The van der Waals surface area contributed by atoms with Crippen molar-refractivity contribution in [3.63, 3.8) is 0 Å². The molecule has 12 heavy (non-hydrogen) atoms. The molecule has 0 saturated carbocycles. The van der Waals surface area contributed by atoms with Crippen molar-refractivity contribution in [2.45, 2.75) is 6.92 Å². The third kappa shape index (κ3) is 1.03. The van der Waals surface area contributed by atoms with E-state index in [0.717, 1.165) is 5.70 Å². The van der Waals surface area contributed by atoms with E-state index in [1.165, 1.54) is 16.1 Å². The van der Waals surface area contributed by atoms with Crippen LogP contribution >= 0.6 is 0 Å². The first-order chi connectivity index (χ1) is 5.77. The SMILES string of the molecule is C=C1C=c2ccccc2=C(C)N1. The average molecular weight is 157 g/mol. The van der Waals surface area contributed by atoms with Gasteiger partial charge in [-0.1, -0.05) is 30.8 Å². The van der Waals surface area contributed by atoms with E-state index < -0.39 is 0 Å². The molecular formula is C11H11N. The highest BCUT2D eigenvalue weighted by molar-refractivity contribution is 5.58. The summed E-state index contributed by atoms with van der Waals surface area (Å²) in [7, 11) is 0. The van der Waals surface area contributed by atoms with Gasteiger partial charge < -0.3 is 5.32 Å². The normalized spacial score (nSPS) is 14.8. The maximum Gasteiger partial charge on any atom is 0.0315 e. The predicted octanol–water partition coefficient (Wildman–Crippen LogP) is 0.712. The quantitative estimate of drug-likeness (QED) is 0.585. The Morgan fingerprint density at radius 2 is 2.00 bits per heavy atom. The fraction of sp³-hybridized carbons (Fsp3) is 0.0909. The Morgan fingerprint density at radius 3 is 2.83 bits per heavy atom. The lowest BCUT2D eigenvalue weighted by Gasteiger charge is -2.11. The first-order valence-corrected chi connectivity index (χ1v) is 4.01. The Hall–Kier alpha value is -1.50. The molecular weight excluding hydrogens is 146 g/mol. The van der Waals surface area contributed by atoms with Gasteiger partial charge in [-0.2, -0.15) is 0 Å². The van der Waals surface area contributed by atoms with Crippen molar-refractivity contribution < 1.29 is 0 Å². The molecule has 1 aromatic rings. The second-order valence-electron chi connectivity index (χ2n) is 3.01. The van der Waals surface area contributed by atoms with E-state index in [-0.39, 0.29) is 0 Å². The minimum Gasteiger partial charge on any atom is -0.359 e. The molecule has 1 aliphatic heterocycles. The number of hydrogen-bond acceptors (Lipinski definition) is 1. The van der Waals surface area contributed by atoms with E-state index in [9.17, 15) is 0 Å². The van der Waals surface area contributed by atoms with Crippen molar-refractivity contribution in [1.29, 1.82) is 0 Å². The van der Waals surface area contributed by atoms with Gasteiger partial charge in [-0.25, -0.2) is 0 Å². The van der Waals surface area contributed by atoms with E-state index in [2.05, 4.69) is 37.0 Å². The summed E-state index contributed by atoms with van der Waals surface area (Å²) in [6.07, 6.45) is 2.06. The average Bonchev–Trinajstić information content (AvgIpc) is 2.04. The van der Waals surface area contributed by atoms with Gasteiger partial charge in [0.2, 0.25) is 0 Å². The standard InChI is InChI=1S/C11H11N/c1-8-7-10-5-3-4-6-11(10)9(2)12-8/h3-7,12H,1H2,2H3. The van der Waals surface area contributed by atoms with Crippen LogP contribution in [-0.4, -0.2) is 0 Å². The first kappa shape index (κ1) is 7.17. The van der Waals surface area contributed by atoms with E-state index in [0.29, 0.717) is 0 Å². The third-order valence-electron chi connectivity index (χ3n) is 2.04. The summed E-state index contributed by atoms with van der Waals surface area (Å²) in [5, 5.41) is 5.72. The maximum atomic E-state index is 3.88. The lowest BCUT2D eigenvalue weighted by atomic mass is 10.1. The minimum absolute atomic E-state index is 0.964. The van der Waals surface area contributed by atoms with Crippen LogP contribution in [0.15, 0.2) is 36.5 Å². The third-order valence-corrected chi connectivity index (χ3v) is 2.04. The van der Waals surface area contributed by atoms with Gasteiger partial charge in [0.05, 0.1) is 0 Å². The Morgan fingerprint density at radius 1 is 1.25 bits per heavy atom. The van der Waals surface area contributed by atoms with Gasteiger partial charge in [-0.05, 0) is 18.2 Å². The number of nitrogens with one attached hydrogen (secondary N) is 1. The largest absolute Gasteiger partial charge is 0.359 e. The number of rotatable bonds is 0. The van der Waals surface area contributed by atoms with Crippen LogP contribution in [0.2, 0.25) is 0 Å². The summed E-state index contributed by atoms with van der Waals surface area (Å²) in [6.45, 7) is 5.94. The fourth-order valence-electron chi connectivity index (χ4n) is 1.50. The smallest absolute Gasteiger partial charge is 0.0315 e. The molecule has 0 unspecified atom stereocenters. The summed E-state index contributed by atoms with van der Waals surface area (Å²) in [5.74, 6) is 0. The maximum absolute atomic E-state index is 3.88. The van der Waals surface area contributed by atoms with Crippen molar-refractivity contribution in [2.24, 2.45) is 0 Å². The van der Waals surface area contributed by atoms with Gasteiger partial charge in [0.25, 0.3) is 0 Å². The number of allylic oxidation sites excluding steroid dienone is 1. The molecule has 1 aromatic carbocycles. The Balaban J connectivity index is 2.90. The fourth-order valence-corrected chi connectivity index (χ4v) is 1.50. The second-order valence-corrected chi connectivity index (χ2v) is 3.01. The lowest BCUT2D eigenvalue weighted by molar-refractivity contribution is 1.11. The van der Waals surface area contributed by atoms with Crippen molar-refractivity contribution in [3.05, 3.63) is 47.0 Å². The molecule has 1 nitrogen and oxygen atoms in total. The highest BCUT2D eigenvalue weighted by atomic mass is 14.9. The highest BCUT2D eigenvalue weighted by Gasteiger charge is 1.98. The number of benzene rings is 1. The van der Waals surface area contributed by atoms with Crippen LogP contribution < -0.4 is 15.8 Å². The van der Waals surface area contributed by atoms with E-state index in [1.807, 2.05) is 12.1 Å². The molecule has 1 aliphatic rings. The monoisotopic (exact) mass is 157 g/mol. The van der Waals surface area contributed by atoms with Crippen LogP contribution in [0.4, 0.5) is 0 Å². The van der Waals surface area contributed by atoms with Crippen LogP contribution in [0.3, 0.4) is 0 Å². The molecule has 1 heterocycles. The number of hydrogen-bond donors (Lipinski definition) is 1. The molecule has 0 spiro atoms. The van der Waals surface area contributed by atoms with Gasteiger partial charge in [0.1, 0.15) is 0 Å². The summed E-state index contributed by atoms with van der Waals surface area (Å²) < 4.78 is 0. The predicted molar refractivity (Wildman–Crippen MR) is 51.5 cm³/mol. The molecule has 0 aliphatic carbocycles. The zero-order valence-corrected chi connectivity index (χ0v) is 7.09. The zero-order valence-electron chi connectivity index (χ0n) is 7.09. The van der Waals surface area contributed by atoms with Gasteiger partial charge in [0.15, 0.2) is 0 Å². The molecule has 0 amide bonds. The second kappa shape index (κ2) is 2.52. The summed E-state index contributed by atoms with van der Waals surface area (Å²) in [5.41, 5.74) is 2.14. The Labute approximate surface area is 71.7 Å². The molecule has 0 fully saturated rings. The minimum atomic E-state index is 0.964. The molecule has 0 radical (unpaired) electrons. The van der Waals surface area contributed by atoms with Crippen molar-refractivity contribution in [1.82, 2.24) is 5.32 Å². The zero-order chi connectivity index (χ0) is 8.55. The summed E-state index contributed by atoms with van der Waals surface area (Å²) in [6, 6.07) is 8.30. The number of fused-ring (bicyclic) bond motifs is 1. The van der Waals surface area contributed by atoms with Crippen LogP contribution in [0, 0.1) is 0 Å². The van der Waals surface area contributed by atoms with E-state index in [4.69, 9.17) is 0 Å². The molecule has 1 heteroatoms. The van der Waals surface area contributed by atoms with E-state index >= 15 is 0 Å². The summed E-state index contributed by atoms with van der Waals surface area (Å²) >= 11 is 0. The molecule has 2 rings (SSSR count). The molecule has 0 saturated heterocycles. The molecule has 0 atom stereocenters. The van der Waals surface area contributed by atoms with Gasteiger partial charge in [-0.15, -0.1) is 0 Å². The first-order valence-electron chi connectivity index (χ1n) is 4.01. The van der Waals surface area contributed by atoms with E-state index in [1.54, 1.807) is 0 Å². The highest BCUT2D eigenvalue weighted by Crippen LogP contribution is 1.95.